The van der Waals surface area contributed by atoms with E-state index < -0.39 is 28.8 Å². The lowest BCUT2D eigenvalue weighted by molar-refractivity contribution is 0.458. The maximum atomic E-state index is 13.4. The third-order valence-corrected chi connectivity index (χ3v) is 3.12. The summed E-state index contributed by atoms with van der Waals surface area (Å²) in [6.45, 7) is 1.74. The monoisotopic (exact) mass is 246 g/mol. The summed E-state index contributed by atoms with van der Waals surface area (Å²) in [5.41, 5.74) is -0.643. The Morgan fingerprint density at radius 1 is 0.938 bits per heavy atom. The first-order valence-electron chi connectivity index (χ1n) is 4.40. The molecule has 1 heterocycles. The number of aryl methyl sites for hydroxylation is 1. The molecule has 0 saturated heterocycles. The van der Waals surface area contributed by atoms with Crippen molar-refractivity contribution in [2.75, 3.05) is 0 Å². The minimum Gasteiger partial charge on any atom is -0.204 e. The average molecular weight is 246 g/mol. The molecule has 0 bridgehead atoms. The lowest BCUT2D eigenvalue weighted by Crippen LogP contribution is -1.97. The molecule has 1 aromatic carbocycles. The van der Waals surface area contributed by atoms with Crippen LogP contribution in [0, 0.1) is 30.2 Å². The third kappa shape index (κ3) is 1.71. The third-order valence-electron chi connectivity index (χ3n) is 2.10. The zero-order valence-corrected chi connectivity index (χ0v) is 8.97. The van der Waals surface area contributed by atoms with E-state index in [1.807, 2.05) is 0 Å². The van der Waals surface area contributed by atoms with Crippen LogP contribution in [0.1, 0.15) is 4.88 Å². The fourth-order valence-electron chi connectivity index (χ4n) is 1.36. The van der Waals surface area contributed by atoms with E-state index in [4.69, 9.17) is 0 Å². The zero-order valence-electron chi connectivity index (χ0n) is 8.15. The molecule has 0 saturated carbocycles. The van der Waals surface area contributed by atoms with Crippen LogP contribution in [0.2, 0.25) is 0 Å². The lowest BCUT2D eigenvalue weighted by atomic mass is 10.1. The van der Waals surface area contributed by atoms with E-state index >= 15 is 0 Å². The molecular weight excluding hydrogens is 240 g/mol. The van der Waals surface area contributed by atoms with Crippen molar-refractivity contribution in [1.29, 1.82) is 0 Å². The van der Waals surface area contributed by atoms with Gasteiger partial charge in [-0.1, -0.05) is 0 Å². The predicted octanol–water partition coefficient (Wildman–Crippen LogP) is 4.28. The first-order valence-corrected chi connectivity index (χ1v) is 5.22. The Bertz CT molecular complexity index is 519. The van der Waals surface area contributed by atoms with Gasteiger partial charge in [-0.15, -0.1) is 11.3 Å². The fourth-order valence-corrected chi connectivity index (χ4v) is 2.26. The Hall–Kier alpha value is -1.36. The first-order chi connectivity index (χ1) is 7.50. The van der Waals surface area contributed by atoms with E-state index in [-0.39, 0.29) is 10.9 Å². The molecule has 0 spiro atoms. The number of hydrogen-bond donors (Lipinski definition) is 0. The second kappa shape index (κ2) is 3.90. The van der Waals surface area contributed by atoms with Gasteiger partial charge in [-0.25, -0.2) is 17.6 Å². The number of thiophene rings is 1. The maximum absolute atomic E-state index is 13.4. The number of hydrogen-bond acceptors (Lipinski definition) is 1. The quantitative estimate of drug-likeness (QED) is 0.520. The Balaban J connectivity index is 2.73. The van der Waals surface area contributed by atoms with Crippen LogP contribution in [-0.2, 0) is 0 Å². The van der Waals surface area contributed by atoms with Gasteiger partial charge >= 0.3 is 0 Å². The van der Waals surface area contributed by atoms with Crippen molar-refractivity contribution >= 4 is 11.3 Å². The highest BCUT2D eigenvalue weighted by molar-refractivity contribution is 7.15. The fraction of sp³-hybridized carbons (Fsp3) is 0.0909. The zero-order chi connectivity index (χ0) is 11.9. The predicted molar refractivity (Wildman–Crippen MR) is 54.3 cm³/mol. The van der Waals surface area contributed by atoms with E-state index in [9.17, 15) is 17.6 Å². The second-order valence-corrected chi connectivity index (χ2v) is 4.54. The summed E-state index contributed by atoms with van der Waals surface area (Å²) < 4.78 is 52.6. The van der Waals surface area contributed by atoms with Crippen molar-refractivity contribution < 1.29 is 17.6 Å². The molecule has 1 aromatic heterocycles. The lowest BCUT2D eigenvalue weighted by Gasteiger charge is -2.04. The van der Waals surface area contributed by atoms with Gasteiger partial charge in [0.1, 0.15) is 0 Å². The molecule has 0 atom stereocenters. The van der Waals surface area contributed by atoms with Gasteiger partial charge in [0.15, 0.2) is 23.3 Å². The highest BCUT2D eigenvalue weighted by Crippen LogP contribution is 2.34. The molecule has 5 heteroatoms. The Labute approximate surface area is 93.2 Å². The molecule has 0 amide bonds. The summed E-state index contributed by atoms with van der Waals surface area (Å²) in [5, 5.41) is 0. The topological polar surface area (TPSA) is 0 Å². The molecule has 0 aliphatic heterocycles. The molecule has 0 aliphatic carbocycles. The van der Waals surface area contributed by atoms with Crippen LogP contribution in [0.25, 0.3) is 10.4 Å². The van der Waals surface area contributed by atoms with Crippen molar-refractivity contribution in [3.63, 3.8) is 0 Å². The molecule has 2 aromatic rings. The Morgan fingerprint density at radius 2 is 1.50 bits per heavy atom. The van der Waals surface area contributed by atoms with E-state index in [0.717, 1.165) is 16.2 Å². The van der Waals surface area contributed by atoms with Gasteiger partial charge in [-0.3, -0.25) is 0 Å². The molecule has 0 radical (unpaired) electrons. The van der Waals surface area contributed by atoms with Gasteiger partial charge < -0.3 is 0 Å². The first kappa shape index (κ1) is 11.1. The van der Waals surface area contributed by atoms with Crippen molar-refractivity contribution in [3.05, 3.63) is 46.3 Å². The van der Waals surface area contributed by atoms with E-state index in [0.29, 0.717) is 0 Å². The Kier molecular flexibility index (Phi) is 2.71. The van der Waals surface area contributed by atoms with Crippen molar-refractivity contribution in [1.82, 2.24) is 0 Å². The van der Waals surface area contributed by atoms with Gasteiger partial charge in [0.2, 0.25) is 0 Å². The van der Waals surface area contributed by atoms with E-state index in [2.05, 4.69) is 0 Å². The summed E-state index contributed by atoms with van der Waals surface area (Å²) in [7, 11) is 0. The highest BCUT2D eigenvalue weighted by Gasteiger charge is 2.21. The smallest absolute Gasteiger partial charge is 0.170 e. The van der Waals surface area contributed by atoms with Gasteiger partial charge in [0.25, 0.3) is 0 Å². The van der Waals surface area contributed by atoms with Crippen molar-refractivity contribution in [3.8, 4) is 10.4 Å². The van der Waals surface area contributed by atoms with Crippen molar-refractivity contribution in [2.24, 2.45) is 0 Å². The second-order valence-electron chi connectivity index (χ2n) is 3.25. The normalized spacial score (nSPS) is 10.8. The maximum Gasteiger partial charge on any atom is 0.170 e. The molecule has 0 nitrogen and oxygen atoms in total. The Morgan fingerprint density at radius 3 is 1.94 bits per heavy atom. The van der Waals surface area contributed by atoms with E-state index in [1.54, 1.807) is 13.0 Å². The average Bonchev–Trinajstić information content (AvgIpc) is 2.62. The van der Waals surface area contributed by atoms with Gasteiger partial charge in [-0.05, 0) is 19.1 Å². The van der Waals surface area contributed by atoms with Gasteiger partial charge in [0, 0.05) is 15.8 Å². The van der Waals surface area contributed by atoms with Crippen LogP contribution in [-0.4, -0.2) is 0 Å². The molecular formula is C11H6F4S. The number of benzene rings is 1. The molecule has 0 fully saturated rings. The van der Waals surface area contributed by atoms with Crippen LogP contribution in [0.5, 0.6) is 0 Å². The molecule has 84 valence electrons. The summed E-state index contributed by atoms with van der Waals surface area (Å²) in [6.07, 6.45) is 0. The molecule has 2 rings (SSSR count). The van der Waals surface area contributed by atoms with Crippen LogP contribution in [0.4, 0.5) is 17.6 Å². The standard InChI is InChI=1S/C11H6F4S/c1-5-2-3-8(16-5)9-10(14)6(12)4-7(13)11(9)15/h2-4H,1H3. The number of rotatable bonds is 1. The van der Waals surface area contributed by atoms with Crippen molar-refractivity contribution in [2.45, 2.75) is 6.92 Å². The van der Waals surface area contributed by atoms with Gasteiger partial charge in [0.05, 0.1) is 5.56 Å². The molecule has 16 heavy (non-hydrogen) atoms. The summed E-state index contributed by atoms with van der Waals surface area (Å²) in [5.74, 6) is -5.50. The van der Waals surface area contributed by atoms with Crippen LogP contribution >= 0.6 is 11.3 Å². The van der Waals surface area contributed by atoms with Gasteiger partial charge in [-0.2, -0.15) is 0 Å². The molecule has 0 N–H and O–H groups in total. The summed E-state index contributed by atoms with van der Waals surface area (Å²) in [6, 6.07) is 3.26. The minimum absolute atomic E-state index is 0.172. The van der Waals surface area contributed by atoms with Crippen LogP contribution in [0.3, 0.4) is 0 Å². The largest absolute Gasteiger partial charge is 0.204 e. The SMILES string of the molecule is Cc1ccc(-c2c(F)c(F)cc(F)c2F)s1. The molecule has 0 unspecified atom stereocenters. The molecule has 0 aliphatic rings. The summed E-state index contributed by atoms with van der Waals surface area (Å²) >= 11 is 1.07. The van der Waals surface area contributed by atoms with E-state index in [1.165, 1.54) is 6.07 Å². The highest BCUT2D eigenvalue weighted by atomic mass is 32.1. The van der Waals surface area contributed by atoms with Crippen LogP contribution < -0.4 is 0 Å². The minimum atomic E-state index is -1.39. The van der Waals surface area contributed by atoms with Crippen LogP contribution in [0.15, 0.2) is 18.2 Å². The summed E-state index contributed by atoms with van der Waals surface area (Å²) in [4.78, 5) is 0.976. The number of halogens is 4.